The highest BCUT2D eigenvalue weighted by molar-refractivity contribution is 5.39. The van der Waals surface area contributed by atoms with Crippen molar-refractivity contribution in [2.24, 2.45) is 0 Å². The van der Waals surface area contributed by atoms with Crippen LogP contribution in [-0.2, 0) is 0 Å². The summed E-state index contributed by atoms with van der Waals surface area (Å²) in [6.07, 6.45) is 7.07. The van der Waals surface area contributed by atoms with E-state index in [1.54, 1.807) is 6.20 Å². The molecule has 0 aromatic heterocycles. The first-order valence-electron chi connectivity index (χ1n) is 8.15. The molecule has 0 fully saturated rings. The van der Waals surface area contributed by atoms with Crippen molar-refractivity contribution < 1.29 is 0 Å². The second-order valence-corrected chi connectivity index (χ2v) is 4.75. The minimum absolute atomic E-state index is 0. The lowest BCUT2D eigenvalue weighted by Gasteiger charge is -2.24. The molecule has 2 N–H and O–H groups in total. The Balaban J connectivity index is 0. The highest BCUT2D eigenvalue weighted by Gasteiger charge is 2.19. The van der Waals surface area contributed by atoms with E-state index in [4.69, 9.17) is 0 Å². The van der Waals surface area contributed by atoms with Crippen molar-refractivity contribution >= 4 is 0 Å². The van der Waals surface area contributed by atoms with Gasteiger partial charge >= 0.3 is 0 Å². The van der Waals surface area contributed by atoms with Gasteiger partial charge in [0.15, 0.2) is 0 Å². The van der Waals surface area contributed by atoms with Crippen LogP contribution < -0.4 is 10.6 Å². The average Bonchev–Trinajstić information content (AvgIpc) is 2.56. The van der Waals surface area contributed by atoms with Gasteiger partial charge in [-0.2, -0.15) is 0 Å². The van der Waals surface area contributed by atoms with Gasteiger partial charge in [0, 0.05) is 18.4 Å². The molecule has 1 unspecified atom stereocenters. The molecule has 2 heteroatoms. The Bertz CT molecular complexity index is 479. The summed E-state index contributed by atoms with van der Waals surface area (Å²) >= 11 is 0. The van der Waals surface area contributed by atoms with Crippen molar-refractivity contribution in [2.75, 3.05) is 7.05 Å². The van der Waals surface area contributed by atoms with Gasteiger partial charge in [-0.25, -0.2) is 0 Å². The zero-order chi connectivity index (χ0) is 17.0. The highest BCUT2D eigenvalue weighted by atomic mass is 14.9. The van der Waals surface area contributed by atoms with Gasteiger partial charge < -0.3 is 10.6 Å². The van der Waals surface area contributed by atoms with E-state index in [1.165, 1.54) is 16.8 Å². The van der Waals surface area contributed by atoms with Crippen molar-refractivity contribution in [3.63, 3.8) is 0 Å². The molecule has 0 radical (unpaired) electrons. The first-order valence-corrected chi connectivity index (χ1v) is 8.15. The number of aryl methyl sites for hydroxylation is 1. The summed E-state index contributed by atoms with van der Waals surface area (Å²) in [6.45, 7) is 14.1. The van der Waals surface area contributed by atoms with Crippen LogP contribution in [0, 0.1) is 6.92 Å². The maximum Gasteiger partial charge on any atom is 0.0631 e. The van der Waals surface area contributed by atoms with Crippen LogP contribution in [0.15, 0.2) is 60.6 Å². The van der Waals surface area contributed by atoms with Crippen LogP contribution in [-0.4, -0.2) is 7.05 Å². The van der Waals surface area contributed by atoms with Crippen LogP contribution >= 0.6 is 0 Å². The van der Waals surface area contributed by atoms with E-state index in [9.17, 15) is 0 Å². The molecule has 0 aliphatic heterocycles. The van der Waals surface area contributed by atoms with Gasteiger partial charge in [0.2, 0.25) is 0 Å². The Morgan fingerprint density at radius 1 is 1.17 bits per heavy atom. The summed E-state index contributed by atoms with van der Waals surface area (Å²) < 4.78 is 0. The molecule has 1 rings (SSSR count). The number of hydrogen-bond acceptors (Lipinski definition) is 2. The van der Waals surface area contributed by atoms with E-state index in [0.717, 1.165) is 12.1 Å². The van der Waals surface area contributed by atoms with Crippen LogP contribution in [0.25, 0.3) is 0 Å². The third-order valence-corrected chi connectivity index (χ3v) is 3.33. The van der Waals surface area contributed by atoms with Gasteiger partial charge in [0.05, 0.1) is 5.92 Å². The second-order valence-electron chi connectivity index (χ2n) is 4.75. The van der Waals surface area contributed by atoms with Gasteiger partial charge in [0.1, 0.15) is 0 Å². The molecule has 0 saturated carbocycles. The molecule has 0 aliphatic rings. The monoisotopic (exact) mass is 316 g/mol. The maximum absolute atomic E-state index is 3.78. The third-order valence-electron chi connectivity index (χ3n) is 3.33. The van der Waals surface area contributed by atoms with E-state index in [1.807, 2.05) is 27.8 Å². The molecule has 0 amide bonds. The van der Waals surface area contributed by atoms with Crippen LogP contribution in [0.1, 0.15) is 58.6 Å². The molecule has 23 heavy (non-hydrogen) atoms. The zero-order valence-electron chi connectivity index (χ0n) is 15.0. The van der Waals surface area contributed by atoms with E-state index < -0.39 is 0 Å². The summed E-state index contributed by atoms with van der Waals surface area (Å²) in [4.78, 5) is 0. The number of likely N-dealkylation sites (N-methyl/N-ethyl adjacent to an activating group) is 1. The van der Waals surface area contributed by atoms with Gasteiger partial charge in [0.25, 0.3) is 0 Å². The number of hydrogen-bond donors (Lipinski definition) is 2. The SMILES string of the molecule is C.C=CN/C(=C\C)C(/C(=C/CC)NC)c1ccc(C)cc1.CC. The lowest BCUT2D eigenvalue weighted by atomic mass is 9.90. The van der Waals surface area contributed by atoms with Crippen molar-refractivity contribution in [2.45, 2.75) is 54.4 Å². The summed E-state index contributed by atoms with van der Waals surface area (Å²) in [5, 5.41) is 6.60. The Morgan fingerprint density at radius 2 is 1.74 bits per heavy atom. The zero-order valence-corrected chi connectivity index (χ0v) is 15.0. The molecule has 1 aromatic rings. The van der Waals surface area contributed by atoms with E-state index in [2.05, 4.69) is 67.5 Å². The quantitative estimate of drug-likeness (QED) is 0.655. The smallest absolute Gasteiger partial charge is 0.0631 e. The normalized spacial score (nSPS) is 12.3. The van der Waals surface area contributed by atoms with E-state index >= 15 is 0 Å². The standard InChI is InChI=1S/C18H26N2.C2H6.CH4/c1-6-9-17(19-5)18(16(7-2)20-8-3)15-12-10-14(4)11-13-15;1-2;/h7-13,18-20H,3,6H2,1-2,4-5H3;1-2H3;1H4/b16-7-,17-9-;;. The van der Waals surface area contributed by atoms with Gasteiger partial charge in [-0.15, -0.1) is 0 Å². The molecule has 0 spiro atoms. The Kier molecular flexibility index (Phi) is 13.9. The van der Waals surface area contributed by atoms with E-state index in [-0.39, 0.29) is 13.3 Å². The Labute approximate surface area is 144 Å². The van der Waals surface area contributed by atoms with E-state index in [0.29, 0.717) is 0 Å². The molecule has 0 saturated heterocycles. The Hall–Kier alpha value is -1.96. The van der Waals surface area contributed by atoms with Crippen molar-refractivity contribution in [3.05, 3.63) is 71.7 Å². The molecule has 1 aromatic carbocycles. The number of allylic oxidation sites excluding steroid dienone is 2. The summed E-state index contributed by atoms with van der Waals surface area (Å²) in [5.41, 5.74) is 4.89. The number of nitrogens with one attached hydrogen (secondary N) is 2. The van der Waals surface area contributed by atoms with Gasteiger partial charge in [-0.1, -0.05) is 76.8 Å². The minimum atomic E-state index is 0. The van der Waals surface area contributed by atoms with Crippen molar-refractivity contribution in [1.82, 2.24) is 10.6 Å². The lowest BCUT2D eigenvalue weighted by Crippen LogP contribution is -2.22. The molecule has 130 valence electrons. The molecular weight excluding hydrogens is 280 g/mol. The number of benzene rings is 1. The third kappa shape index (κ3) is 7.23. The largest absolute Gasteiger partial charge is 0.391 e. The van der Waals surface area contributed by atoms with Crippen molar-refractivity contribution in [1.29, 1.82) is 0 Å². The van der Waals surface area contributed by atoms with Crippen LogP contribution in [0.3, 0.4) is 0 Å². The fraction of sp³-hybridized carbons (Fsp3) is 0.429. The summed E-state index contributed by atoms with van der Waals surface area (Å²) in [6, 6.07) is 8.69. The number of rotatable bonds is 7. The Morgan fingerprint density at radius 3 is 2.13 bits per heavy atom. The first kappa shape index (κ1) is 23.3. The van der Waals surface area contributed by atoms with Crippen LogP contribution in [0.5, 0.6) is 0 Å². The summed E-state index contributed by atoms with van der Waals surface area (Å²) in [7, 11) is 1.98. The van der Waals surface area contributed by atoms with Crippen molar-refractivity contribution in [3.8, 4) is 0 Å². The predicted molar refractivity (Wildman–Crippen MR) is 107 cm³/mol. The fourth-order valence-corrected chi connectivity index (χ4v) is 2.32. The maximum atomic E-state index is 3.78. The summed E-state index contributed by atoms with van der Waals surface area (Å²) in [5.74, 6) is 0.184. The lowest BCUT2D eigenvalue weighted by molar-refractivity contribution is 0.759. The molecule has 0 bridgehead atoms. The second kappa shape index (κ2) is 13.7. The molecule has 0 aliphatic carbocycles. The predicted octanol–water partition coefficient (Wildman–Crippen LogP) is 5.89. The van der Waals surface area contributed by atoms with Gasteiger partial charge in [-0.05, 0) is 32.0 Å². The minimum Gasteiger partial charge on any atom is -0.391 e. The first-order chi connectivity index (χ1) is 10.7. The van der Waals surface area contributed by atoms with Crippen LogP contribution in [0.2, 0.25) is 0 Å². The fourth-order valence-electron chi connectivity index (χ4n) is 2.32. The van der Waals surface area contributed by atoms with Gasteiger partial charge in [-0.3, -0.25) is 0 Å². The molecular formula is C21H36N2. The molecule has 2 nitrogen and oxygen atoms in total. The molecule has 1 atom stereocenters. The highest BCUT2D eigenvalue weighted by Crippen LogP contribution is 2.29. The van der Waals surface area contributed by atoms with Crippen LogP contribution in [0.4, 0.5) is 0 Å². The molecule has 0 heterocycles. The topological polar surface area (TPSA) is 24.1 Å². The average molecular weight is 317 g/mol.